The fourth-order valence-electron chi connectivity index (χ4n) is 1.51. The van der Waals surface area contributed by atoms with E-state index in [1.54, 1.807) is 25.1 Å². The SMILES string of the molecule is CCOC(=O)c1cc(CCl)ccc1C(Cl)C(C)=O. The van der Waals surface area contributed by atoms with Gasteiger partial charge in [0.15, 0.2) is 5.78 Å². The molecule has 0 heterocycles. The standard InChI is InChI=1S/C13H14Cl2O3/c1-3-18-13(17)11-6-9(7-14)4-5-10(11)12(15)8(2)16/h4-6,12H,3,7H2,1-2H3. The number of carbonyl (C=O) groups is 2. The molecule has 0 amide bonds. The van der Waals surface area contributed by atoms with Crippen LogP contribution in [0.2, 0.25) is 0 Å². The van der Waals surface area contributed by atoms with Crippen LogP contribution in [-0.4, -0.2) is 18.4 Å². The highest BCUT2D eigenvalue weighted by Crippen LogP contribution is 2.27. The molecule has 1 atom stereocenters. The molecular formula is C13H14Cl2O3. The van der Waals surface area contributed by atoms with Gasteiger partial charge in [-0.1, -0.05) is 12.1 Å². The third-order valence-electron chi connectivity index (χ3n) is 2.40. The Morgan fingerprint density at radius 3 is 2.56 bits per heavy atom. The number of Topliss-reactive ketones (excluding diaryl/α,β-unsaturated/α-hetero) is 1. The molecule has 0 saturated heterocycles. The van der Waals surface area contributed by atoms with Gasteiger partial charge in [-0.05, 0) is 31.0 Å². The Labute approximate surface area is 116 Å². The first-order valence-corrected chi connectivity index (χ1v) is 6.48. The minimum absolute atomic E-state index is 0.221. The maximum atomic E-state index is 11.8. The van der Waals surface area contributed by atoms with Crippen LogP contribution < -0.4 is 0 Å². The zero-order valence-electron chi connectivity index (χ0n) is 10.2. The van der Waals surface area contributed by atoms with Gasteiger partial charge in [-0.15, -0.1) is 23.2 Å². The molecule has 1 aromatic rings. The summed E-state index contributed by atoms with van der Waals surface area (Å²) in [6.07, 6.45) is 0. The van der Waals surface area contributed by atoms with Gasteiger partial charge in [0.1, 0.15) is 5.38 Å². The van der Waals surface area contributed by atoms with E-state index in [1.165, 1.54) is 6.92 Å². The van der Waals surface area contributed by atoms with Crippen molar-refractivity contribution in [2.24, 2.45) is 0 Å². The predicted molar refractivity (Wildman–Crippen MR) is 71.2 cm³/mol. The van der Waals surface area contributed by atoms with E-state index in [4.69, 9.17) is 27.9 Å². The highest BCUT2D eigenvalue weighted by Gasteiger charge is 2.21. The minimum atomic E-state index is -0.853. The number of hydrogen-bond donors (Lipinski definition) is 0. The van der Waals surface area contributed by atoms with Crippen molar-refractivity contribution in [3.63, 3.8) is 0 Å². The third kappa shape index (κ3) is 3.47. The van der Waals surface area contributed by atoms with Crippen LogP contribution in [0.1, 0.15) is 40.7 Å². The number of carbonyl (C=O) groups excluding carboxylic acids is 2. The molecule has 0 aliphatic heterocycles. The molecular weight excluding hydrogens is 275 g/mol. The lowest BCUT2D eigenvalue weighted by Gasteiger charge is -2.13. The largest absolute Gasteiger partial charge is 0.462 e. The molecule has 0 spiro atoms. The number of alkyl halides is 2. The molecule has 3 nitrogen and oxygen atoms in total. The molecule has 1 rings (SSSR count). The summed E-state index contributed by atoms with van der Waals surface area (Å²) >= 11 is 11.7. The van der Waals surface area contributed by atoms with Gasteiger partial charge in [0.2, 0.25) is 0 Å². The highest BCUT2D eigenvalue weighted by atomic mass is 35.5. The quantitative estimate of drug-likeness (QED) is 0.615. The van der Waals surface area contributed by atoms with Gasteiger partial charge in [0.05, 0.1) is 12.2 Å². The predicted octanol–water partition coefficient (Wildman–Crippen LogP) is 3.47. The Bertz CT molecular complexity index is 458. The summed E-state index contributed by atoms with van der Waals surface area (Å²) in [6.45, 7) is 3.35. The first-order valence-electron chi connectivity index (χ1n) is 5.51. The number of hydrogen-bond acceptors (Lipinski definition) is 3. The molecule has 0 radical (unpaired) electrons. The van der Waals surface area contributed by atoms with Crippen LogP contribution in [-0.2, 0) is 15.4 Å². The molecule has 98 valence electrons. The van der Waals surface area contributed by atoms with Gasteiger partial charge in [-0.25, -0.2) is 4.79 Å². The number of ether oxygens (including phenoxy) is 1. The van der Waals surface area contributed by atoms with E-state index in [9.17, 15) is 9.59 Å². The average Bonchev–Trinajstić information content (AvgIpc) is 2.37. The topological polar surface area (TPSA) is 43.4 Å². The number of rotatable bonds is 5. The Balaban J connectivity index is 3.24. The van der Waals surface area contributed by atoms with Crippen molar-refractivity contribution in [1.82, 2.24) is 0 Å². The lowest BCUT2D eigenvalue weighted by Crippen LogP contribution is -2.12. The van der Waals surface area contributed by atoms with Crippen LogP contribution in [0.25, 0.3) is 0 Å². The van der Waals surface area contributed by atoms with Gasteiger partial charge < -0.3 is 4.74 Å². The van der Waals surface area contributed by atoms with Crippen molar-refractivity contribution in [3.8, 4) is 0 Å². The fourth-order valence-corrected chi connectivity index (χ4v) is 1.87. The summed E-state index contributed by atoms with van der Waals surface area (Å²) in [6, 6.07) is 4.99. The van der Waals surface area contributed by atoms with Crippen molar-refractivity contribution in [2.45, 2.75) is 25.1 Å². The van der Waals surface area contributed by atoms with Crippen molar-refractivity contribution in [1.29, 1.82) is 0 Å². The lowest BCUT2D eigenvalue weighted by atomic mass is 10.00. The van der Waals surface area contributed by atoms with Gasteiger partial charge in [-0.2, -0.15) is 0 Å². The van der Waals surface area contributed by atoms with E-state index >= 15 is 0 Å². The molecule has 1 unspecified atom stereocenters. The van der Waals surface area contributed by atoms with Gasteiger partial charge in [0.25, 0.3) is 0 Å². The van der Waals surface area contributed by atoms with Gasteiger partial charge in [-0.3, -0.25) is 4.79 Å². The molecule has 0 fully saturated rings. The maximum absolute atomic E-state index is 11.8. The normalized spacial score (nSPS) is 12.0. The smallest absolute Gasteiger partial charge is 0.338 e. The second kappa shape index (κ2) is 6.76. The summed E-state index contributed by atoms with van der Waals surface area (Å²) in [7, 11) is 0. The second-order valence-electron chi connectivity index (χ2n) is 3.75. The first-order chi connectivity index (χ1) is 8.51. The maximum Gasteiger partial charge on any atom is 0.338 e. The van der Waals surface area contributed by atoms with E-state index in [0.717, 1.165) is 5.56 Å². The van der Waals surface area contributed by atoms with Crippen molar-refractivity contribution >= 4 is 35.0 Å². The summed E-state index contributed by atoms with van der Waals surface area (Å²) in [5.41, 5.74) is 1.53. The van der Waals surface area contributed by atoms with E-state index in [2.05, 4.69) is 0 Å². The molecule has 18 heavy (non-hydrogen) atoms. The van der Waals surface area contributed by atoms with E-state index in [1.807, 2.05) is 0 Å². The highest BCUT2D eigenvalue weighted by molar-refractivity contribution is 6.31. The van der Waals surface area contributed by atoms with E-state index in [-0.39, 0.29) is 18.3 Å². The Kier molecular flexibility index (Phi) is 5.63. The van der Waals surface area contributed by atoms with Crippen molar-refractivity contribution in [3.05, 3.63) is 34.9 Å². The summed E-state index contributed by atoms with van der Waals surface area (Å²) < 4.78 is 4.95. The second-order valence-corrected chi connectivity index (χ2v) is 4.45. The zero-order valence-corrected chi connectivity index (χ0v) is 11.7. The Morgan fingerprint density at radius 1 is 1.39 bits per heavy atom. The van der Waals surface area contributed by atoms with Crippen LogP contribution in [0, 0.1) is 0 Å². The molecule has 5 heteroatoms. The molecule has 0 bridgehead atoms. The van der Waals surface area contributed by atoms with Crippen molar-refractivity contribution < 1.29 is 14.3 Å². The van der Waals surface area contributed by atoms with Crippen LogP contribution >= 0.6 is 23.2 Å². The van der Waals surface area contributed by atoms with Crippen LogP contribution in [0.3, 0.4) is 0 Å². The van der Waals surface area contributed by atoms with Crippen LogP contribution in [0.15, 0.2) is 18.2 Å². The van der Waals surface area contributed by atoms with E-state index in [0.29, 0.717) is 11.1 Å². The summed E-state index contributed by atoms with van der Waals surface area (Å²) in [5.74, 6) is -0.438. The Morgan fingerprint density at radius 2 is 2.06 bits per heavy atom. The summed E-state index contributed by atoms with van der Waals surface area (Å²) in [5, 5.41) is -0.853. The molecule has 0 aliphatic rings. The Hall–Kier alpha value is -1.06. The first kappa shape index (κ1) is 15.0. The molecule has 0 N–H and O–H groups in total. The number of halogens is 2. The third-order valence-corrected chi connectivity index (χ3v) is 3.25. The average molecular weight is 289 g/mol. The zero-order chi connectivity index (χ0) is 13.7. The van der Waals surface area contributed by atoms with Crippen molar-refractivity contribution in [2.75, 3.05) is 6.61 Å². The molecule has 0 saturated carbocycles. The molecule has 0 aromatic heterocycles. The monoisotopic (exact) mass is 288 g/mol. The number of benzene rings is 1. The minimum Gasteiger partial charge on any atom is -0.462 e. The van der Waals surface area contributed by atoms with Crippen LogP contribution in [0.4, 0.5) is 0 Å². The lowest BCUT2D eigenvalue weighted by molar-refractivity contribution is -0.116. The van der Waals surface area contributed by atoms with E-state index < -0.39 is 11.3 Å². The number of ketones is 1. The van der Waals surface area contributed by atoms with Gasteiger partial charge in [0, 0.05) is 5.88 Å². The molecule has 1 aromatic carbocycles. The summed E-state index contributed by atoms with van der Waals surface area (Å²) in [4.78, 5) is 23.1. The molecule has 0 aliphatic carbocycles. The van der Waals surface area contributed by atoms with Crippen LogP contribution in [0.5, 0.6) is 0 Å². The fraction of sp³-hybridized carbons (Fsp3) is 0.385. The number of esters is 1. The van der Waals surface area contributed by atoms with Gasteiger partial charge >= 0.3 is 5.97 Å².